The van der Waals surface area contributed by atoms with Gasteiger partial charge in [-0.05, 0) is 43.0 Å². The number of aromatic nitrogens is 2. The number of likely N-dealkylation sites (tertiary alicyclic amines) is 1. The fraction of sp³-hybridized carbons (Fsp3) is 0.350. The number of amides is 1. The van der Waals surface area contributed by atoms with Gasteiger partial charge in [0.05, 0.1) is 11.7 Å². The molecule has 0 spiro atoms. The standard InChI is InChI=1S/C20H20FN3O3/c1-12(2)15-10-19(27-22-15)17-4-3-9-24(17)20(25)16-11-18(26-23-16)13-5-7-14(21)8-6-13/h5-8,10-12,17H,3-4,9H2,1-2H3/t17-/m0/s1. The molecule has 0 unspecified atom stereocenters. The summed E-state index contributed by atoms with van der Waals surface area (Å²) in [5.74, 6) is 0.851. The van der Waals surface area contributed by atoms with Crippen LogP contribution in [0.3, 0.4) is 0 Å². The van der Waals surface area contributed by atoms with Gasteiger partial charge in [0, 0.05) is 24.2 Å². The predicted octanol–water partition coefficient (Wildman–Crippen LogP) is 4.57. The molecule has 140 valence electrons. The van der Waals surface area contributed by atoms with E-state index in [1.165, 1.54) is 12.1 Å². The van der Waals surface area contributed by atoms with E-state index in [4.69, 9.17) is 9.05 Å². The molecular weight excluding hydrogens is 349 g/mol. The quantitative estimate of drug-likeness (QED) is 0.674. The molecule has 0 saturated carbocycles. The lowest BCUT2D eigenvalue weighted by Crippen LogP contribution is -2.30. The van der Waals surface area contributed by atoms with E-state index in [0.717, 1.165) is 18.5 Å². The maximum Gasteiger partial charge on any atom is 0.276 e. The van der Waals surface area contributed by atoms with Crippen LogP contribution >= 0.6 is 0 Å². The largest absolute Gasteiger partial charge is 0.359 e. The van der Waals surface area contributed by atoms with E-state index in [2.05, 4.69) is 10.3 Å². The maximum atomic E-state index is 13.1. The van der Waals surface area contributed by atoms with Crippen LogP contribution in [0.25, 0.3) is 11.3 Å². The van der Waals surface area contributed by atoms with Crippen molar-refractivity contribution in [3.63, 3.8) is 0 Å². The summed E-state index contributed by atoms with van der Waals surface area (Å²) in [6.07, 6.45) is 1.71. The van der Waals surface area contributed by atoms with Gasteiger partial charge >= 0.3 is 0 Å². The summed E-state index contributed by atoms with van der Waals surface area (Å²) in [6, 6.07) is 9.22. The molecule has 1 saturated heterocycles. The van der Waals surface area contributed by atoms with Gasteiger partial charge in [0.15, 0.2) is 17.2 Å². The number of carbonyl (C=O) groups excluding carboxylic acids is 1. The van der Waals surface area contributed by atoms with Crippen molar-refractivity contribution in [1.82, 2.24) is 15.2 Å². The average molecular weight is 369 g/mol. The lowest BCUT2D eigenvalue weighted by atomic mass is 10.1. The SMILES string of the molecule is CC(C)c1cc([C@@H]2CCCN2C(=O)c2cc(-c3ccc(F)cc3)on2)on1. The van der Waals surface area contributed by atoms with Crippen LogP contribution in [-0.2, 0) is 0 Å². The number of nitrogens with zero attached hydrogens (tertiary/aromatic N) is 3. The van der Waals surface area contributed by atoms with Crippen molar-refractivity contribution in [2.45, 2.75) is 38.6 Å². The van der Waals surface area contributed by atoms with Crippen LogP contribution in [0.15, 0.2) is 45.4 Å². The minimum atomic E-state index is -0.331. The number of rotatable bonds is 4. The fourth-order valence-corrected chi connectivity index (χ4v) is 3.31. The van der Waals surface area contributed by atoms with E-state index in [1.807, 2.05) is 19.9 Å². The van der Waals surface area contributed by atoms with Crippen molar-refractivity contribution in [1.29, 1.82) is 0 Å². The van der Waals surface area contributed by atoms with Crippen LogP contribution in [0.1, 0.15) is 60.6 Å². The Bertz CT molecular complexity index is 946. The van der Waals surface area contributed by atoms with Crippen LogP contribution in [0, 0.1) is 5.82 Å². The van der Waals surface area contributed by atoms with Crippen LogP contribution in [-0.4, -0.2) is 27.7 Å². The summed E-state index contributed by atoms with van der Waals surface area (Å²) in [4.78, 5) is 14.7. The Labute approximate surface area is 155 Å². The molecule has 1 aliphatic heterocycles. The summed E-state index contributed by atoms with van der Waals surface area (Å²) in [6.45, 7) is 4.72. The van der Waals surface area contributed by atoms with Crippen molar-refractivity contribution in [3.8, 4) is 11.3 Å². The Kier molecular flexibility index (Phi) is 4.51. The smallest absolute Gasteiger partial charge is 0.276 e. The zero-order valence-electron chi connectivity index (χ0n) is 15.2. The predicted molar refractivity (Wildman–Crippen MR) is 95.5 cm³/mol. The van der Waals surface area contributed by atoms with Gasteiger partial charge in [-0.1, -0.05) is 24.2 Å². The number of hydrogen-bond donors (Lipinski definition) is 0. The molecule has 1 amide bonds. The Morgan fingerprint density at radius 3 is 2.67 bits per heavy atom. The molecule has 27 heavy (non-hydrogen) atoms. The molecule has 2 aromatic heterocycles. The maximum absolute atomic E-state index is 13.1. The van der Waals surface area contributed by atoms with Crippen molar-refractivity contribution < 1.29 is 18.2 Å². The Morgan fingerprint density at radius 2 is 1.96 bits per heavy atom. The van der Waals surface area contributed by atoms with E-state index >= 15 is 0 Å². The van der Waals surface area contributed by atoms with Gasteiger partial charge in [0.25, 0.3) is 5.91 Å². The molecule has 1 atom stereocenters. The third kappa shape index (κ3) is 3.37. The van der Waals surface area contributed by atoms with Crippen LogP contribution in [0.5, 0.6) is 0 Å². The first-order valence-corrected chi connectivity index (χ1v) is 9.03. The first-order chi connectivity index (χ1) is 13.0. The van der Waals surface area contributed by atoms with Crippen LogP contribution < -0.4 is 0 Å². The highest BCUT2D eigenvalue weighted by molar-refractivity contribution is 5.93. The molecule has 0 aliphatic carbocycles. The number of benzene rings is 1. The van der Waals surface area contributed by atoms with Gasteiger partial charge in [-0.15, -0.1) is 0 Å². The van der Waals surface area contributed by atoms with E-state index < -0.39 is 0 Å². The molecule has 3 heterocycles. The normalized spacial score (nSPS) is 17.0. The topological polar surface area (TPSA) is 72.4 Å². The van der Waals surface area contributed by atoms with E-state index in [-0.39, 0.29) is 29.4 Å². The van der Waals surface area contributed by atoms with Gasteiger partial charge in [-0.3, -0.25) is 4.79 Å². The van der Waals surface area contributed by atoms with Crippen molar-refractivity contribution in [3.05, 3.63) is 59.4 Å². The minimum absolute atomic E-state index is 0.150. The van der Waals surface area contributed by atoms with Gasteiger partial charge < -0.3 is 13.9 Å². The summed E-state index contributed by atoms with van der Waals surface area (Å²) in [5.41, 5.74) is 1.77. The molecular formula is C20H20FN3O3. The monoisotopic (exact) mass is 369 g/mol. The number of halogens is 1. The van der Waals surface area contributed by atoms with Crippen LogP contribution in [0.2, 0.25) is 0 Å². The lowest BCUT2D eigenvalue weighted by molar-refractivity contribution is 0.0704. The van der Waals surface area contributed by atoms with Gasteiger partial charge in [-0.2, -0.15) is 0 Å². The molecule has 1 fully saturated rings. The number of hydrogen-bond acceptors (Lipinski definition) is 5. The molecule has 6 nitrogen and oxygen atoms in total. The first-order valence-electron chi connectivity index (χ1n) is 9.03. The highest BCUT2D eigenvalue weighted by Gasteiger charge is 2.34. The van der Waals surface area contributed by atoms with Gasteiger partial charge in [0.2, 0.25) is 0 Å². The first kappa shape index (κ1) is 17.5. The molecule has 0 radical (unpaired) electrons. The second-order valence-corrected chi connectivity index (χ2v) is 7.05. The Morgan fingerprint density at radius 1 is 1.19 bits per heavy atom. The third-order valence-corrected chi connectivity index (χ3v) is 4.84. The highest BCUT2D eigenvalue weighted by atomic mass is 19.1. The van der Waals surface area contributed by atoms with Crippen molar-refractivity contribution >= 4 is 5.91 Å². The lowest BCUT2D eigenvalue weighted by Gasteiger charge is -2.21. The van der Waals surface area contributed by atoms with E-state index in [1.54, 1.807) is 23.1 Å². The molecule has 3 aromatic rings. The van der Waals surface area contributed by atoms with E-state index in [0.29, 0.717) is 23.6 Å². The Balaban J connectivity index is 1.55. The Hall–Kier alpha value is -2.96. The molecule has 1 aromatic carbocycles. The summed E-state index contributed by atoms with van der Waals surface area (Å²) in [5, 5.41) is 8.01. The molecule has 0 N–H and O–H groups in total. The molecule has 1 aliphatic rings. The van der Waals surface area contributed by atoms with Crippen molar-refractivity contribution in [2.24, 2.45) is 0 Å². The molecule has 4 rings (SSSR count). The fourth-order valence-electron chi connectivity index (χ4n) is 3.31. The second-order valence-electron chi connectivity index (χ2n) is 7.05. The zero-order chi connectivity index (χ0) is 19.0. The molecule has 7 heteroatoms. The summed E-state index contributed by atoms with van der Waals surface area (Å²) < 4.78 is 23.9. The zero-order valence-corrected chi connectivity index (χ0v) is 15.2. The highest BCUT2D eigenvalue weighted by Crippen LogP contribution is 2.34. The average Bonchev–Trinajstić information content (AvgIpc) is 3.40. The van der Waals surface area contributed by atoms with Crippen molar-refractivity contribution in [2.75, 3.05) is 6.54 Å². The van der Waals surface area contributed by atoms with Crippen LogP contribution in [0.4, 0.5) is 4.39 Å². The molecule has 0 bridgehead atoms. The van der Waals surface area contributed by atoms with Gasteiger partial charge in [-0.25, -0.2) is 4.39 Å². The minimum Gasteiger partial charge on any atom is -0.359 e. The van der Waals surface area contributed by atoms with E-state index in [9.17, 15) is 9.18 Å². The summed E-state index contributed by atoms with van der Waals surface area (Å²) in [7, 11) is 0. The summed E-state index contributed by atoms with van der Waals surface area (Å²) >= 11 is 0. The second kappa shape index (κ2) is 6.98. The third-order valence-electron chi connectivity index (χ3n) is 4.84. The number of carbonyl (C=O) groups is 1. The van der Waals surface area contributed by atoms with Gasteiger partial charge in [0.1, 0.15) is 5.82 Å².